The summed E-state index contributed by atoms with van der Waals surface area (Å²) in [6.07, 6.45) is 1.54. The fourth-order valence-corrected chi connectivity index (χ4v) is 1.50. The van der Waals surface area contributed by atoms with Crippen LogP contribution in [0, 0.1) is 5.92 Å². The number of amides is 2. The van der Waals surface area contributed by atoms with Crippen LogP contribution >= 0.6 is 0 Å². The number of nitrogens with one attached hydrogen (secondary N) is 1. The number of carbonyl (C=O) groups is 2. The molecule has 0 saturated carbocycles. The Hall–Kier alpha value is -1.10. The highest BCUT2D eigenvalue weighted by Crippen LogP contribution is 2.19. The number of carbonyl (C=O) groups excluding carboxylic acids is 2. The molecule has 1 rings (SSSR count). The number of hydrazine groups is 1. The first-order valence-corrected chi connectivity index (χ1v) is 4.44. The molecule has 1 saturated heterocycles. The summed E-state index contributed by atoms with van der Waals surface area (Å²) in [7, 11) is 0. The van der Waals surface area contributed by atoms with Gasteiger partial charge in [-0.1, -0.05) is 13.3 Å². The van der Waals surface area contributed by atoms with Crippen LogP contribution in [-0.2, 0) is 9.59 Å². The van der Waals surface area contributed by atoms with Gasteiger partial charge in [-0.3, -0.25) is 15.0 Å². The standard InChI is InChI=1S/C8H15N3O2/c1-2-6-3-8(13)11(4-6)5-7(12)10-9/h6H,2-5,9H2,1H3,(H,10,12). The molecule has 0 aliphatic carbocycles. The first kappa shape index (κ1) is 9.98. The number of rotatable bonds is 3. The van der Waals surface area contributed by atoms with Gasteiger partial charge in [0.2, 0.25) is 5.91 Å². The second kappa shape index (κ2) is 4.23. The van der Waals surface area contributed by atoms with E-state index in [0.29, 0.717) is 18.9 Å². The van der Waals surface area contributed by atoms with E-state index in [4.69, 9.17) is 5.84 Å². The molecule has 5 nitrogen and oxygen atoms in total. The molecular formula is C8H15N3O2. The van der Waals surface area contributed by atoms with E-state index < -0.39 is 0 Å². The Kier molecular flexibility index (Phi) is 3.25. The van der Waals surface area contributed by atoms with E-state index in [2.05, 4.69) is 0 Å². The van der Waals surface area contributed by atoms with Crippen molar-refractivity contribution in [2.24, 2.45) is 11.8 Å². The summed E-state index contributed by atoms with van der Waals surface area (Å²) >= 11 is 0. The number of nitrogens with two attached hydrogens (primary N) is 1. The summed E-state index contributed by atoms with van der Waals surface area (Å²) in [5.41, 5.74) is 2.01. The molecule has 0 aromatic heterocycles. The number of hydrogen-bond donors (Lipinski definition) is 2. The summed E-state index contributed by atoms with van der Waals surface area (Å²) in [6, 6.07) is 0. The first-order valence-electron chi connectivity index (χ1n) is 4.44. The van der Waals surface area contributed by atoms with Crippen molar-refractivity contribution in [2.45, 2.75) is 19.8 Å². The van der Waals surface area contributed by atoms with E-state index >= 15 is 0 Å². The van der Waals surface area contributed by atoms with Crippen molar-refractivity contribution < 1.29 is 9.59 Å². The zero-order valence-corrected chi connectivity index (χ0v) is 7.75. The van der Waals surface area contributed by atoms with Crippen molar-refractivity contribution in [3.05, 3.63) is 0 Å². The van der Waals surface area contributed by atoms with Gasteiger partial charge >= 0.3 is 0 Å². The predicted octanol–water partition coefficient (Wildman–Crippen LogP) is -0.765. The minimum absolute atomic E-state index is 0.0513. The molecule has 1 heterocycles. The highest BCUT2D eigenvalue weighted by atomic mass is 16.2. The van der Waals surface area contributed by atoms with Crippen LogP contribution < -0.4 is 11.3 Å². The number of nitrogens with zero attached hydrogens (tertiary/aromatic N) is 1. The van der Waals surface area contributed by atoms with Crippen LogP contribution in [0.15, 0.2) is 0 Å². The molecule has 1 aliphatic rings. The zero-order chi connectivity index (χ0) is 9.84. The molecule has 0 aromatic carbocycles. The van der Waals surface area contributed by atoms with Crippen LogP contribution in [0.1, 0.15) is 19.8 Å². The molecule has 1 fully saturated rings. The SMILES string of the molecule is CCC1CC(=O)N(CC(=O)NN)C1. The summed E-state index contributed by atoms with van der Waals surface area (Å²) < 4.78 is 0. The van der Waals surface area contributed by atoms with Crippen molar-refractivity contribution >= 4 is 11.8 Å². The third-order valence-corrected chi connectivity index (χ3v) is 2.37. The fourth-order valence-electron chi connectivity index (χ4n) is 1.50. The normalized spacial score (nSPS) is 22.2. The third-order valence-electron chi connectivity index (χ3n) is 2.37. The summed E-state index contributed by atoms with van der Waals surface area (Å²) in [5.74, 6) is 5.06. The summed E-state index contributed by atoms with van der Waals surface area (Å²) in [6.45, 7) is 2.82. The molecule has 0 bridgehead atoms. The largest absolute Gasteiger partial charge is 0.333 e. The van der Waals surface area contributed by atoms with Crippen LogP contribution in [0.2, 0.25) is 0 Å². The lowest BCUT2D eigenvalue weighted by Gasteiger charge is -2.14. The van der Waals surface area contributed by atoms with Crippen molar-refractivity contribution in [3.63, 3.8) is 0 Å². The minimum atomic E-state index is -0.315. The van der Waals surface area contributed by atoms with Gasteiger partial charge in [-0.25, -0.2) is 5.84 Å². The maximum Gasteiger partial charge on any atom is 0.253 e. The van der Waals surface area contributed by atoms with Gasteiger partial charge < -0.3 is 4.90 Å². The lowest BCUT2D eigenvalue weighted by Crippen LogP contribution is -2.41. The molecule has 2 amide bonds. The first-order chi connectivity index (χ1) is 6.17. The highest BCUT2D eigenvalue weighted by Gasteiger charge is 2.29. The van der Waals surface area contributed by atoms with Crippen molar-refractivity contribution in [3.8, 4) is 0 Å². The van der Waals surface area contributed by atoms with Gasteiger partial charge in [0.25, 0.3) is 5.91 Å². The van der Waals surface area contributed by atoms with E-state index in [1.807, 2.05) is 12.3 Å². The third kappa shape index (κ3) is 2.42. The molecule has 3 N–H and O–H groups in total. The van der Waals surface area contributed by atoms with Gasteiger partial charge in [-0.05, 0) is 5.92 Å². The molecule has 1 atom stereocenters. The van der Waals surface area contributed by atoms with Gasteiger partial charge in [0, 0.05) is 13.0 Å². The second-order valence-electron chi connectivity index (χ2n) is 3.32. The average molecular weight is 185 g/mol. The van der Waals surface area contributed by atoms with Crippen LogP contribution in [0.25, 0.3) is 0 Å². The van der Waals surface area contributed by atoms with Crippen LogP contribution in [0.5, 0.6) is 0 Å². The van der Waals surface area contributed by atoms with E-state index in [-0.39, 0.29) is 18.4 Å². The lowest BCUT2D eigenvalue weighted by atomic mass is 10.1. The van der Waals surface area contributed by atoms with Gasteiger partial charge in [0.1, 0.15) is 6.54 Å². The molecule has 0 radical (unpaired) electrons. The predicted molar refractivity (Wildman–Crippen MR) is 47.3 cm³/mol. The van der Waals surface area contributed by atoms with E-state index in [9.17, 15) is 9.59 Å². The van der Waals surface area contributed by atoms with Crippen LogP contribution in [0.3, 0.4) is 0 Å². The van der Waals surface area contributed by atoms with Crippen molar-refractivity contribution in [2.75, 3.05) is 13.1 Å². The lowest BCUT2D eigenvalue weighted by molar-refractivity contribution is -0.133. The zero-order valence-electron chi connectivity index (χ0n) is 7.75. The molecule has 74 valence electrons. The van der Waals surface area contributed by atoms with Crippen molar-refractivity contribution in [1.29, 1.82) is 0 Å². The topological polar surface area (TPSA) is 75.4 Å². The number of likely N-dealkylation sites (tertiary alicyclic amines) is 1. The monoisotopic (exact) mass is 185 g/mol. The van der Waals surface area contributed by atoms with E-state index in [1.54, 1.807) is 4.90 Å². The van der Waals surface area contributed by atoms with Crippen LogP contribution in [-0.4, -0.2) is 29.8 Å². The Labute approximate surface area is 77.2 Å². The molecule has 13 heavy (non-hydrogen) atoms. The maximum absolute atomic E-state index is 11.3. The molecular weight excluding hydrogens is 170 g/mol. The Morgan fingerprint density at radius 2 is 2.46 bits per heavy atom. The Morgan fingerprint density at radius 1 is 1.77 bits per heavy atom. The Bertz CT molecular complexity index is 217. The molecule has 1 unspecified atom stereocenters. The number of hydrogen-bond acceptors (Lipinski definition) is 3. The molecule has 0 spiro atoms. The van der Waals surface area contributed by atoms with Crippen LogP contribution in [0.4, 0.5) is 0 Å². The Morgan fingerprint density at radius 3 is 2.92 bits per heavy atom. The molecule has 0 aromatic rings. The molecule has 1 aliphatic heterocycles. The van der Waals surface area contributed by atoms with Gasteiger partial charge in [0.05, 0.1) is 0 Å². The van der Waals surface area contributed by atoms with Crippen molar-refractivity contribution in [1.82, 2.24) is 10.3 Å². The fraction of sp³-hybridized carbons (Fsp3) is 0.750. The van der Waals surface area contributed by atoms with E-state index in [1.165, 1.54) is 0 Å². The maximum atomic E-state index is 11.3. The van der Waals surface area contributed by atoms with Gasteiger partial charge in [0.15, 0.2) is 0 Å². The minimum Gasteiger partial charge on any atom is -0.333 e. The molecule has 5 heteroatoms. The smallest absolute Gasteiger partial charge is 0.253 e. The quantitative estimate of drug-likeness (QED) is 0.344. The van der Waals surface area contributed by atoms with Gasteiger partial charge in [-0.15, -0.1) is 0 Å². The highest BCUT2D eigenvalue weighted by molar-refractivity contribution is 5.85. The van der Waals surface area contributed by atoms with Gasteiger partial charge in [-0.2, -0.15) is 0 Å². The Balaban J connectivity index is 2.43. The van der Waals surface area contributed by atoms with E-state index in [0.717, 1.165) is 6.42 Å². The summed E-state index contributed by atoms with van der Waals surface area (Å²) in [5, 5.41) is 0. The summed E-state index contributed by atoms with van der Waals surface area (Å²) in [4.78, 5) is 23.7. The second-order valence-corrected chi connectivity index (χ2v) is 3.32. The average Bonchev–Trinajstić information content (AvgIpc) is 2.47.